The second kappa shape index (κ2) is 9.85. The van der Waals surface area contributed by atoms with Gasteiger partial charge in [-0.25, -0.2) is 0 Å². The largest absolute Gasteiger partial charge is 0.344 e. The van der Waals surface area contributed by atoms with E-state index in [0.717, 1.165) is 6.42 Å². The van der Waals surface area contributed by atoms with Gasteiger partial charge in [0.15, 0.2) is 11.3 Å². The number of ether oxygens (including phenoxy) is 2. The maximum Gasteiger partial charge on any atom is 0.186 e. The van der Waals surface area contributed by atoms with Gasteiger partial charge in [-0.2, -0.15) is 0 Å². The lowest BCUT2D eigenvalue weighted by Gasteiger charge is -2.34. The molecule has 2 aliphatic heterocycles. The average Bonchev–Trinajstić information content (AvgIpc) is 2.85. The van der Waals surface area contributed by atoms with Crippen molar-refractivity contribution < 1.29 is 14.3 Å². The lowest BCUT2D eigenvalue weighted by molar-refractivity contribution is -0.128. The highest BCUT2D eigenvalue weighted by atomic mass is 31.1. The third kappa shape index (κ3) is 5.31. The molecule has 2 rings (SSSR count). The Kier molecular flexibility index (Phi) is 9.84. The van der Waals surface area contributed by atoms with Gasteiger partial charge in [-0.3, -0.25) is 4.79 Å². The molecule has 18 heavy (non-hydrogen) atoms. The predicted octanol–water partition coefficient (Wildman–Crippen LogP) is 2.72. The van der Waals surface area contributed by atoms with E-state index >= 15 is 0 Å². The average molecular weight is 277 g/mol. The minimum absolute atomic E-state index is 0.0631. The van der Waals surface area contributed by atoms with Gasteiger partial charge in [0, 0.05) is 12.8 Å². The first-order valence-electron chi connectivity index (χ1n) is 6.93. The van der Waals surface area contributed by atoms with E-state index in [-0.39, 0.29) is 11.6 Å². The molecule has 0 amide bonds. The monoisotopic (exact) mass is 277 g/mol. The van der Waals surface area contributed by atoms with Crippen LogP contribution in [0.15, 0.2) is 0 Å². The summed E-state index contributed by atoms with van der Waals surface area (Å²) in [5.41, 5.74) is -0.429. The highest BCUT2D eigenvalue weighted by molar-refractivity contribution is 7.41. The van der Waals surface area contributed by atoms with Crippen LogP contribution in [0, 0.1) is 0 Å². The van der Waals surface area contributed by atoms with Gasteiger partial charge in [0.2, 0.25) is 0 Å². The van der Waals surface area contributed by atoms with Crippen LogP contribution in [0.3, 0.4) is 0 Å². The molecule has 0 aromatic heterocycles. The number of nitrogens with one attached hydrogen (secondary N) is 1. The number of likely N-dealkylation sites (N-methyl/N-ethyl adjacent to an activating group) is 1. The Labute approximate surface area is 113 Å². The van der Waals surface area contributed by atoms with Gasteiger partial charge in [-0.15, -0.1) is 0 Å². The lowest BCUT2D eigenvalue weighted by Crippen LogP contribution is -2.41. The Morgan fingerprint density at radius 2 is 1.83 bits per heavy atom. The summed E-state index contributed by atoms with van der Waals surface area (Å²) in [5.74, 6) is 0.220. The van der Waals surface area contributed by atoms with Crippen LogP contribution in [-0.4, -0.2) is 37.4 Å². The van der Waals surface area contributed by atoms with Crippen molar-refractivity contribution in [3.8, 4) is 0 Å². The summed E-state index contributed by atoms with van der Waals surface area (Å²) >= 11 is 0. The van der Waals surface area contributed by atoms with E-state index in [9.17, 15) is 4.79 Å². The van der Waals surface area contributed by atoms with Crippen LogP contribution in [0.25, 0.3) is 0 Å². The van der Waals surface area contributed by atoms with Crippen molar-refractivity contribution in [3.05, 3.63) is 0 Å². The summed E-state index contributed by atoms with van der Waals surface area (Å²) in [6.07, 6.45) is 2.54. The van der Waals surface area contributed by atoms with E-state index in [1.54, 1.807) is 0 Å². The maximum absolute atomic E-state index is 11.4. The topological polar surface area (TPSA) is 47.6 Å². The summed E-state index contributed by atoms with van der Waals surface area (Å²) in [5, 5.41) is 3.01. The van der Waals surface area contributed by atoms with Gasteiger partial charge >= 0.3 is 0 Å². The fourth-order valence-electron chi connectivity index (χ4n) is 1.72. The standard InChI is InChI=1S/C8H14NO3P.C3H8.C2H6/c1-9-7-6(10)2-3-8(13-7)11-4-5-12-8;1-3-2;1-2/h7,9,13H,2-5H2,1H3;3H2,1-2H3;1-2H3. The number of Topliss-reactive ketones (excluding diaryl/α,β-unsaturated/α-hetero) is 1. The molecular formula is C13H28NO3P. The van der Waals surface area contributed by atoms with Crippen molar-refractivity contribution >= 4 is 14.4 Å². The van der Waals surface area contributed by atoms with Crippen molar-refractivity contribution in [2.24, 2.45) is 0 Å². The maximum atomic E-state index is 11.4. The van der Waals surface area contributed by atoms with Crippen molar-refractivity contribution in [2.75, 3.05) is 20.3 Å². The van der Waals surface area contributed by atoms with Gasteiger partial charge in [-0.1, -0.05) is 34.1 Å². The quantitative estimate of drug-likeness (QED) is 0.749. The Bertz CT molecular complexity index is 230. The van der Waals surface area contributed by atoms with Gasteiger partial charge in [-0.05, 0) is 15.6 Å². The lowest BCUT2D eigenvalue weighted by atomic mass is 10.2. The van der Waals surface area contributed by atoms with E-state index < -0.39 is 5.53 Å². The summed E-state index contributed by atoms with van der Waals surface area (Å²) in [6.45, 7) is 9.58. The first kappa shape index (κ1) is 18.0. The molecule has 5 heteroatoms. The first-order valence-corrected chi connectivity index (χ1v) is 8.00. The molecule has 0 saturated carbocycles. The van der Waals surface area contributed by atoms with Crippen molar-refractivity contribution in [1.29, 1.82) is 0 Å². The minimum Gasteiger partial charge on any atom is -0.344 e. The number of hydrogen-bond donors (Lipinski definition) is 1. The fourth-order valence-corrected chi connectivity index (χ4v) is 3.25. The molecule has 0 aliphatic carbocycles. The normalized spacial score (nSPS) is 26.3. The SMILES string of the molecule is CC.CCC.CNC1PC2(CCC1=O)OCCO2. The zero-order valence-corrected chi connectivity index (χ0v) is 13.3. The van der Waals surface area contributed by atoms with Crippen LogP contribution in [0.2, 0.25) is 0 Å². The molecule has 108 valence electrons. The van der Waals surface area contributed by atoms with Crippen LogP contribution < -0.4 is 5.32 Å². The Balaban J connectivity index is 0.000000509. The molecule has 0 bridgehead atoms. The van der Waals surface area contributed by atoms with E-state index in [0.29, 0.717) is 28.2 Å². The van der Waals surface area contributed by atoms with E-state index in [1.165, 1.54) is 6.42 Å². The van der Waals surface area contributed by atoms with E-state index in [4.69, 9.17) is 9.47 Å². The number of carbonyl (C=O) groups excluding carboxylic acids is 1. The van der Waals surface area contributed by atoms with Gasteiger partial charge in [0.25, 0.3) is 0 Å². The Hall–Kier alpha value is -0.0200. The number of carbonyl (C=O) groups is 1. The van der Waals surface area contributed by atoms with Crippen LogP contribution in [0.4, 0.5) is 0 Å². The molecule has 2 fully saturated rings. The Morgan fingerprint density at radius 3 is 2.28 bits per heavy atom. The molecule has 0 aromatic rings. The molecule has 0 radical (unpaired) electrons. The van der Waals surface area contributed by atoms with Gasteiger partial charge in [0.05, 0.1) is 19.0 Å². The van der Waals surface area contributed by atoms with Crippen LogP contribution in [0.1, 0.15) is 47.0 Å². The predicted molar refractivity (Wildman–Crippen MR) is 77.4 cm³/mol. The number of rotatable bonds is 1. The third-order valence-electron chi connectivity index (χ3n) is 2.43. The third-order valence-corrected chi connectivity index (χ3v) is 4.31. The highest BCUT2D eigenvalue weighted by Crippen LogP contribution is 2.47. The summed E-state index contributed by atoms with van der Waals surface area (Å²) in [4.78, 5) is 11.4. The Morgan fingerprint density at radius 1 is 1.33 bits per heavy atom. The smallest absolute Gasteiger partial charge is 0.186 e. The second-order valence-corrected chi connectivity index (χ2v) is 5.62. The summed E-state index contributed by atoms with van der Waals surface area (Å²) < 4.78 is 11.1. The van der Waals surface area contributed by atoms with Crippen LogP contribution in [0.5, 0.6) is 0 Å². The molecule has 2 saturated heterocycles. The molecular weight excluding hydrogens is 249 g/mol. The molecule has 1 N–H and O–H groups in total. The molecule has 2 unspecified atom stereocenters. The highest BCUT2D eigenvalue weighted by Gasteiger charge is 2.44. The molecule has 2 aliphatic rings. The second-order valence-electron chi connectivity index (χ2n) is 3.99. The van der Waals surface area contributed by atoms with Crippen LogP contribution >= 0.6 is 8.58 Å². The van der Waals surface area contributed by atoms with E-state index in [2.05, 4.69) is 19.2 Å². The van der Waals surface area contributed by atoms with Crippen molar-refractivity contribution in [3.63, 3.8) is 0 Å². The summed E-state index contributed by atoms with van der Waals surface area (Å²) in [6, 6.07) is 0. The first-order chi connectivity index (χ1) is 8.67. The van der Waals surface area contributed by atoms with Crippen LogP contribution in [-0.2, 0) is 14.3 Å². The van der Waals surface area contributed by atoms with E-state index in [1.807, 2.05) is 20.9 Å². The summed E-state index contributed by atoms with van der Waals surface area (Å²) in [7, 11) is 2.20. The fraction of sp³-hybridized carbons (Fsp3) is 0.923. The molecule has 0 aromatic carbocycles. The molecule has 1 spiro atoms. The molecule has 2 heterocycles. The van der Waals surface area contributed by atoms with Gasteiger partial charge in [0.1, 0.15) is 0 Å². The van der Waals surface area contributed by atoms with Crippen molar-refractivity contribution in [1.82, 2.24) is 5.32 Å². The number of ketones is 1. The zero-order valence-electron chi connectivity index (χ0n) is 12.3. The van der Waals surface area contributed by atoms with Crippen molar-refractivity contribution in [2.45, 2.75) is 58.3 Å². The molecule has 4 nitrogen and oxygen atoms in total. The number of hydrogen-bond acceptors (Lipinski definition) is 4. The molecule has 2 atom stereocenters. The minimum atomic E-state index is -0.429. The zero-order chi connectivity index (χ0) is 14.0. The van der Waals surface area contributed by atoms with Gasteiger partial charge < -0.3 is 14.8 Å².